The normalized spacial score (nSPS) is 10.8. The first-order chi connectivity index (χ1) is 7.69. The van der Waals surface area contributed by atoms with E-state index in [1.165, 1.54) is 0 Å². The van der Waals surface area contributed by atoms with E-state index in [1.807, 2.05) is 6.92 Å². The van der Waals surface area contributed by atoms with Gasteiger partial charge in [-0.05, 0) is 18.6 Å². The molecule has 0 amide bonds. The van der Waals surface area contributed by atoms with Gasteiger partial charge in [0, 0.05) is 29.9 Å². The summed E-state index contributed by atoms with van der Waals surface area (Å²) in [5, 5.41) is 0.459. The highest BCUT2D eigenvalue weighted by Crippen LogP contribution is 2.26. The van der Waals surface area contributed by atoms with Crippen LogP contribution in [-0.2, 0) is 4.79 Å². The smallest absolute Gasteiger partial charge is 0.264 e. The molecule has 2 aromatic rings. The number of aromatic nitrogens is 1. The summed E-state index contributed by atoms with van der Waals surface area (Å²) in [7, 11) is 0. The second kappa shape index (κ2) is 4.57. The van der Waals surface area contributed by atoms with E-state index >= 15 is 0 Å². The lowest BCUT2D eigenvalue weighted by Gasteiger charge is -1.91. The maximum absolute atomic E-state index is 11.4. The first-order valence-electron chi connectivity index (χ1n) is 5.06. The Morgan fingerprint density at radius 2 is 2.38 bits per heavy atom. The molecule has 1 aromatic carbocycles. The summed E-state index contributed by atoms with van der Waals surface area (Å²) in [6.07, 6.45) is 1.37. The Kier molecular flexibility index (Phi) is 3.14. The molecule has 0 unspecified atom stereocenters. The molecule has 1 aromatic heterocycles. The average Bonchev–Trinajstić information content (AvgIpc) is 2.59. The summed E-state index contributed by atoms with van der Waals surface area (Å²) >= 11 is 1.04. The number of carbonyl (C=O) groups is 1. The van der Waals surface area contributed by atoms with Gasteiger partial charge in [-0.25, -0.2) is 4.98 Å². The number of anilines is 1. The molecular weight excluding hydrogens is 224 g/mol. The molecule has 0 saturated carbocycles. The third-order valence-electron chi connectivity index (χ3n) is 2.05. The van der Waals surface area contributed by atoms with Gasteiger partial charge in [-0.2, -0.15) is 0 Å². The van der Waals surface area contributed by atoms with E-state index in [1.54, 1.807) is 18.2 Å². The first kappa shape index (κ1) is 11.0. The Labute approximate surface area is 97.2 Å². The van der Waals surface area contributed by atoms with Crippen LogP contribution in [0.25, 0.3) is 11.1 Å². The quantitative estimate of drug-likeness (QED) is 0.655. The van der Waals surface area contributed by atoms with Crippen molar-refractivity contribution in [3.63, 3.8) is 0 Å². The number of nitrogen functional groups attached to an aromatic ring is 1. The van der Waals surface area contributed by atoms with Gasteiger partial charge in [-0.3, -0.25) is 4.79 Å². The summed E-state index contributed by atoms with van der Waals surface area (Å²) in [5.74, 6) is 0. The van der Waals surface area contributed by atoms with Gasteiger partial charge in [0.1, 0.15) is 5.52 Å². The number of nitrogens with zero attached hydrogens (tertiary/aromatic N) is 1. The lowest BCUT2D eigenvalue weighted by atomic mass is 10.3. The van der Waals surface area contributed by atoms with Crippen molar-refractivity contribution < 1.29 is 9.21 Å². The third kappa shape index (κ3) is 2.36. The minimum atomic E-state index is 0.0713. The van der Waals surface area contributed by atoms with Gasteiger partial charge in [0.25, 0.3) is 5.22 Å². The van der Waals surface area contributed by atoms with Gasteiger partial charge in [0.15, 0.2) is 10.7 Å². The molecule has 84 valence electrons. The number of fused-ring (bicyclic) bond motifs is 1. The number of hydrogen-bond donors (Lipinski definition) is 1. The van der Waals surface area contributed by atoms with E-state index < -0.39 is 0 Å². The van der Waals surface area contributed by atoms with Crippen molar-refractivity contribution >= 4 is 33.7 Å². The number of benzene rings is 1. The van der Waals surface area contributed by atoms with Crippen LogP contribution in [0.3, 0.4) is 0 Å². The van der Waals surface area contributed by atoms with Crippen molar-refractivity contribution in [3.8, 4) is 0 Å². The summed E-state index contributed by atoms with van der Waals surface area (Å²) in [4.78, 5) is 15.6. The molecule has 0 aliphatic carbocycles. The first-order valence-corrected chi connectivity index (χ1v) is 5.87. The second-order valence-electron chi connectivity index (χ2n) is 3.43. The van der Waals surface area contributed by atoms with Crippen molar-refractivity contribution in [2.24, 2.45) is 0 Å². The van der Waals surface area contributed by atoms with Crippen LogP contribution in [0.2, 0.25) is 0 Å². The molecule has 0 aliphatic rings. The Balaban J connectivity index is 2.23. The van der Waals surface area contributed by atoms with Gasteiger partial charge in [0.2, 0.25) is 0 Å². The van der Waals surface area contributed by atoms with Crippen LogP contribution < -0.4 is 5.73 Å². The minimum Gasteiger partial charge on any atom is -0.431 e. The van der Waals surface area contributed by atoms with E-state index in [0.29, 0.717) is 22.9 Å². The summed E-state index contributed by atoms with van der Waals surface area (Å²) < 4.78 is 5.42. The fourth-order valence-electron chi connectivity index (χ4n) is 1.32. The molecule has 4 nitrogen and oxygen atoms in total. The predicted molar refractivity (Wildman–Crippen MR) is 64.2 cm³/mol. The van der Waals surface area contributed by atoms with Crippen LogP contribution in [0.15, 0.2) is 27.8 Å². The average molecular weight is 236 g/mol. The number of thioether (sulfide) groups is 1. The standard InChI is InChI=1S/C11H12N2O2S/c1-2-3-10(14)16-11-13-8-5-4-7(12)6-9(8)15-11/h4-6H,2-3,12H2,1H3. The minimum absolute atomic E-state index is 0.0713. The topological polar surface area (TPSA) is 69.1 Å². The molecule has 5 heteroatoms. The second-order valence-corrected chi connectivity index (χ2v) is 4.44. The van der Waals surface area contributed by atoms with Crippen LogP contribution in [0, 0.1) is 0 Å². The van der Waals surface area contributed by atoms with Crippen molar-refractivity contribution in [1.29, 1.82) is 0 Å². The van der Waals surface area contributed by atoms with Crippen molar-refractivity contribution in [2.75, 3.05) is 5.73 Å². The molecule has 0 atom stereocenters. The molecule has 2 N–H and O–H groups in total. The number of rotatable bonds is 3. The Morgan fingerprint density at radius 1 is 1.56 bits per heavy atom. The molecule has 0 saturated heterocycles. The molecular formula is C11H12N2O2S. The fraction of sp³-hybridized carbons (Fsp3) is 0.273. The Morgan fingerprint density at radius 3 is 3.12 bits per heavy atom. The van der Waals surface area contributed by atoms with Crippen LogP contribution in [0.4, 0.5) is 5.69 Å². The zero-order chi connectivity index (χ0) is 11.5. The Hall–Kier alpha value is -1.49. The maximum atomic E-state index is 11.4. The van der Waals surface area contributed by atoms with E-state index in [2.05, 4.69) is 4.98 Å². The highest BCUT2D eigenvalue weighted by molar-refractivity contribution is 8.13. The monoisotopic (exact) mass is 236 g/mol. The number of hydrogen-bond acceptors (Lipinski definition) is 5. The maximum Gasteiger partial charge on any atom is 0.264 e. The lowest BCUT2D eigenvalue weighted by Crippen LogP contribution is -1.88. The predicted octanol–water partition coefficient (Wildman–Crippen LogP) is 2.83. The fourth-order valence-corrected chi connectivity index (χ4v) is 2.09. The molecule has 0 radical (unpaired) electrons. The third-order valence-corrected chi connectivity index (χ3v) is 2.83. The summed E-state index contributed by atoms with van der Waals surface area (Å²) in [5.41, 5.74) is 7.59. The van der Waals surface area contributed by atoms with E-state index in [-0.39, 0.29) is 5.12 Å². The van der Waals surface area contributed by atoms with Gasteiger partial charge in [-0.15, -0.1) is 0 Å². The van der Waals surface area contributed by atoms with Crippen LogP contribution >= 0.6 is 11.8 Å². The van der Waals surface area contributed by atoms with Gasteiger partial charge in [0.05, 0.1) is 0 Å². The van der Waals surface area contributed by atoms with Gasteiger partial charge in [-0.1, -0.05) is 6.92 Å². The van der Waals surface area contributed by atoms with Gasteiger partial charge < -0.3 is 10.2 Å². The molecule has 1 heterocycles. The van der Waals surface area contributed by atoms with Crippen LogP contribution in [0.1, 0.15) is 19.8 Å². The lowest BCUT2D eigenvalue weighted by molar-refractivity contribution is -0.111. The molecule has 2 rings (SSSR count). The van der Waals surface area contributed by atoms with Crippen molar-refractivity contribution in [1.82, 2.24) is 4.98 Å². The summed E-state index contributed by atoms with van der Waals surface area (Å²) in [6.45, 7) is 1.96. The number of oxazole rings is 1. The van der Waals surface area contributed by atoms with Crippen molar-refractivity contribution in [2.45, 2.75) is 25.0 Å². The summed E-state index contributed by atoms with van der Waals surface area (Å²) in [6, 6.07) is 5.24. The Bertz CT molecular complexity index is 522. The van der Waals surface area contributed by atoms with E-state index in [0.717, 1.165) is 23.7 Å². The molecule has 16 heavy (non-hydrogen) atoms. The molecule has 0 spiro atoms. The molecule has 0 fully saturated rings. The van der Waals surface area contributed by atoms with Crippen molar-refractivity contribution in [3.05, 3.63) is 18.2 Å². The van der Waals surface area contributed by atoms with Gasteiger partial charge >= 0.3 is 0 Å². The van der Waals surface area contributed by atoms with Crippen LogP contribution in [0.5, 0.6) is 0 Å². The SMILES string of the molecule is CCCC(=O)Sc1nc2ccc(N)cc2o1. The molecule has 0 bridgehead atoms. The van der Waals surface area contributed by atoms with E-state index in [9.17, 15) is 4.79 Å². The number of carbonyl (C=O) groups excluding carboxylic acids is 1. The van der Waals surface area contributed by atoms with Crippen LogP contribution in [-0.4, -0.2) is 10.1 Å². The highest BCUT2D eigenvalue weighted by atomic mass is 32.2. The zero-order valence-corrected chi connectivity index (χ0v) is 9.71. The van der Waals surface area contributed by atoms with E-state index in [4.69, 9.17) is 10.2 Å². The molecule has 0 aliphatic heterocycles. The largest absolute Gasteiger partial charge is 0.431 e. The highest BCUT2D eigenvalue weighted by Gasteiger charge is 2.10. The number of nitrogens with two attached hydrogens (primary N) is 1. The zero-order valence-electron chi connectivity index (χ0n) is 8.90.